The summed E-state index contributed by atoms with van der Waals surface area (Å²) in [6, 6.07) is 8.06. The van der Waals surface area contributed by atoms with E-state index in [2.05, 4.69) is 26.1 Å². The van der Waals surface area contributed by atoms with Crippen molar-refractivity contribution in [1.29, 1.82) is 0 Å². The van der Waals surface area contributed by atoms with Crippen LogP contribution in [0, 0.1) is 23.7 Å². The zero-order valence-corrected chi connectivity index (χ0v) is 20.3. The lowest BCUT2D eigenvalue weighted by Crippen LogP contribution is -2.37. The highest BCUT2D eigenvalue weighted by Gasteiger charge is 2.54. The monoisotopic (exact) mass is 469 g/mol. The standard InChI is InChI=1S/C26H31NO5S/c1-5-32-25(31)21-18(14-8-10-17(11-9-14)26(2,3)4)13-33-23(21)27-22(28)19-15-6-7-16(12-15)20(19)24(29)30/h8-11,13,15-16,19-20H,5-7,12H2,1-4H3,(H,27,28)(H,29,30). The van der Waals surface area contributed by atoms with Gasteiger partial charge in [0.1, 0.15) is 10.6 Å². The van der Waals surface area contributed by atoms with Gasteiger partial charge >= 0.3 is 11.9 Å². The minimum atomic E-state index is -0.904. The maximum atomic E-state index is 13.2. The molecule has 1 aromatic heterocycles. The second-order valence-electron chi connectivity index (χ2n) is 10.1. The largest absolute Gasteiger partial charge is 0.481 e. The van der Waals surface area contributed by atoms with E-state index >= 15 is 0 Å². The lowest BCUT2D eigenvalue weighted by molar-refractivity contribution is -0.148. The fourth-order valence-electron chi connectivity index (χ4n) is 5.44. The van der Waals surface area contributed by atoms with Gasteiger partial charge in [-0.25, -0.2) is 4.79 Å². The second-order valence-corrected chi connectivity index (χ2v) is 11.0. The fourth-order valence-corrected chi connectivity index (χ4v) is 6.40. The Morgan fingerprint density at radius 2 is 1.73 bits per heavy atom. The van der Waals surface area contributed by atoms with E-state index in [4.69, 9.17) is 4.74 Å². The van der Waals surface area contributed by atoms with Gasteiger partial charge in [0.05, 0.1) is 18.4 Å². The minimum absolute atomic E-state index is 0.0115. The number of esters is 1. The number of hydrogen-bond acceptors (Lipinski definition) is 5. The molecule has 1 amide bonds. The van der Waals surface area contributed by atoms with E-state index in [1.54, 1.807) is 6.92 Å². The van der Waals surface area contributed by atoms with E-state index in [1.807, 2.05) is 29.6 Å². The van der Waals surface area contributed by atoms with Crippen molar-refractivity contribution in [2.45, 2.75) is 52.4 Å². The summed E-state index contributed by atoms with van der Waals surface area (Å²) in [5, 5.41) is 14.9. The molecule has 2 saturated carbocycles. The number of hydrogen-bond donors (Lipinski definition) is 2. The Labute approximate surface area is 198 Å². The molecule has 2 N–H and O–H groups in total. The third-order valence-electron chi connectivity index (χ3n) is 7.07. The van der Waals surface area contributed by atoms with Gasteiger partial charge in [-0.2, -0.15) is 0 Å². The van der Waals surface area contributed by atoms with Gasteiger partial charge in [0, 0.05) is 10.9 Å². The molecule has 0 radical (unpaired) electrons. The van der Waals surface area contributed by atoms with Crippen LogP contribution in [0.3, 0.4) is 0 Å². The number of carboxylic acids is 1. The molecule has 1 aromatic carbocycles. The van der Waals surface area contributed by atoms with Gasteiger partial charge in [0.25, 0.3) is 0 Å². The number of benzene rings is 1. The average molecular weight is 470 g/mol. The molecule has 4 unspecified atom stereocenters. The molecule has 0 spiro atoms. The van der Waals surface area contributed by atoms with E-state index in [1.165, 1.54) is 16.9 Å². The molecular formula is C26H31NO5S. The van der Waals surface area contributed by atoms with Crippen molar-refractivity contribution >= 4 is 34.2 Å². The van der Waals surface area contributed by atoms with Crippen molar-refractivity contribution < 1.29 is 24.2 Å². The van der Waals surface area contributed by atoms with Gasteiger partial charge in [-0.05, 0) is 54.6 Å². The molecule has 33 heavy (non-hydrogen) atoms. The lowest BCUT2D eigenvalue weighted by Gasteiger charge is -2.27. The Morgan fingerprint density at radius 3 is 2.30 bits per heavy atom. The number of aliphatic carboxylic acids is 1. The third-order valence-corrected chi connectivity index (χ3v) is 7.97. The zero-order valence-electron chi connectivity index (χ0n) is 19.5. The van der Waals surface area contributed by atoms with Crippen LogP contribution in [0.25, 0.3) is 11.1 Å². The quantitative estimate of drug-likeness (QED) is 0.539. The normalized spacial score (nSPS) is 24.0. The number of amides is 1. The number of rotatable bonds is 6. The number of carboxylic acid groups (broad SMARTS) is 1. The van der Waals surface area contributed by atoms with Crippen LogP contribution in [0.1, 0.15) is 62.9 Å². The molecule has 4 atom stereocenters. The Bertz CT molecular complexity index is 1070. The molecule has 0 aliphatic heterocycles. The second kappa shape index (κ2) is 8.93. The number of nitrogens with one attached hydrogen (secondary N) is 1. The van der Waals surface area contributed by atoms with Gasteiger partial charge in [-0.3, -0.25) is 9.59 Å². The van der Waals surface area contributed by atoms with Crippen LogP contribution in [0.2, 0.25) is 0 Å². The molecule has 4 rings (SSSR count). The molecule has 2 aliphatic carbocycles. The summed E-state index contributed by atoms with van der Waals surface area (Å²) in [4.78, 5) is 38.0. The maximum Gasteiger partial charge on any atom is 0.341 e. The summed E-state index contributed by atoms with van der Waals surface area (Å²) in [5.41, 5.74) is 3.10. The molecule has 6 nitrogen and oxygen atoms in total. The maximum absolute atomic E-state index is 13.2. The van der Waals surface area contributed by atoms with E-state index in [9.17, 15) is 19.5 Å². The highest BCUT2D eigenvalue weighted by molar-refractivity contribution is 7.15. The molecule has 2 aliphatic rings. The number of carbonyl (C=O) groups is 3. The van der Waals surface area contributed by atoms with Crippen LogP contribution in [-0.4, -0.2) is 29.6 Å². The number of ether oxygens (including phenoxy) is 1. The summed E-state index contributed by atoms with van der Waals surface area (Å²) in [6.07, 6.45) is 2.54. The van der Waals surface area contributed by atoms with Crippen molar-refractivity contribution in [2.75, 3.05) is 11.9 Å². The highest BCUT2D eigenvalue weighted by Crippen LogP contribution is 2.53. The van der Waals surface area contributed by atoms with Gasteiger partial charge in [0.15, 0.2) is 0 Å². The number of anilines is 1. The van der Waals surface area contributed by atoms with Crippen molar-refractivity contribution in [3.8, 4) is 11.1 Å². The van der Waals surface area contributed by atoms with Crippen LogP contribution >= 0.6 is 11.3 Å². The van der Waals surface area contributed by atoms with Crippen molar-refractivity contribution in [1.82, 2.24) is 0 Å². The molecule has 2 bridgehead atoms. The first kappa shape index (κ1) is 23.5. The van der Waals surface area contributed by atoms with E-state index < -0.39 is 23.8 Å². The van der Waals surface area contributed by atoms with Crippen LogP contribution in [0.15, 0.2) is 29.6 Å². The van der Waals surface area contributed by atoms with Gasteiger partial charge < -0.3 is 15.2 Å². The first-order valence-electron chi connectivity index (χ1n) is 11.5. The Hall–Kier alpha value is -2.67. The summed E-state index contributed by atoms with van der Waals surface area (Å²) in [5.74, 6) is -2.77. The van der Waals surface area contributed by atoms with E-state index in [-0.39, 0.29) is 29.8 Å². The Balaban J connectivity index is 1.65. The van der Waals surface area contributed by atoms with Gasteiger partial charge in [-0.15, -0.1) is 11.3 Å². The Kier molecular flexibility index (Phi) is 6.36. The minimum Gasteiger partial charge on any atom is -0.481 e. The van der Waals surface area contributed by atoms with Crippen molar-refractivity contribution in [3.05, 3.63) is 40.8 Å². The van der Waals surface area contributed by atoms with E-state index in [0.717, 1.165) is 24.8 Å². The van der Waals surface area contributed by atoms with E-state index in [0.29, 0.717) is 16.1 Å². The summed E-state index contributed by atoms with van der Waals surface area (Å²) < 4.78 is 5.31. The highest BCUT2D eigenvalue weighted by atomic mass is 32.1. The predicted molar refractivity (Wildman–Crippen MR) is 128 cm³/mol. The Morgan fingerprint density at radius 1 is 1.09 bits per heavy atom. The number of carbonyl (C=O) groups excluding carboxylic acids is 2. The summed E-state index contributed by atoms with van der Waals surface area (Å²) >= 11 is 1.27. The third kappa shape index (κ3) is 4.43. The number of fused-ring (bicyclic) bond motifs is 2. The van der Waals surface area contributed by atoms with Crippen molar-refractivity contribution in [3.63, 3.8) is 0 Å². The molecule has 7 heteroatoms. The molecule has 2 fully saturated rings. The average Bonchev–Trinajstić information content (AvgIpc) is 3.47. The SMILES string of the molecule is CCOC(=O)c1c(-c2ccc(C(C)(C)C)cc2)csc1NC(=O)C1C2CCC(C2)C1C(=O)O. The first-order chi connectivity index (χ1) is 15.6. The molecule has 1 heterocycles. The number of thiophene rings is 1. The van der Waals surface area contributed by atoms with Gasteiger partial charge in [0.2, 0.25) is 5.91 Å². The molecular weight excluding hydrogens is 438 g/mol. The predicted octanol–water partition coefficient (Wildman–Crippen LogP) is 5.57. The topological polar surface area (TPSA) is 92.7 Å². The van der Waals surface area contributed by atoms with Crippen LogP contribution < -0.4 is 5.32 Å². The van der Waals surface area contributed by atoms with Crippen LogP contribution in [0.5, 0.6) is 0 Å². The smallest absolute Gasteiger partial charge is 0.341 e. The first-order valence-corrected chi connectivity index (χ1v) is 12.4. The molecule has 176 valence electrons. The lowest BCUT2D eigenvalue weighted by atomic mass is 9.78. The summed E-state index contributed by atoms with van der Waals surface area (Å²) in [6.45, 7) is 8.39. The fraction of sp³-hybridized carbons (Fsp3) is 0.500. The van der Waals surface area contributed by atoms with Crippen molar-refractivity contribution in [2.24, 2.45) is 23.7 Å². The zero-order chi connectivity index (χ0) is 23.9. The van der Waals surface area contributed by atoms with Gasteiger partial charge in [-0.1, -0.05) is 45.0 Å². The van der Waals surface area contributed by atoms with Crippen LogP contribution in [0.4, 0.5) is 5.00 Å². The summed E-state index contributed by atoms with van der Waals surface area (Å²) in [7, 11) is 0. The van der Waals surface area contributed by atoms with Crippen LogP contribution in [-0.2, 0) is 19.7 Å². The molecule has 2 aromatic rings. The molecule has 0 saturated heterocycles.